The molecule has 1 aliphatic heterocycles. The number of fused-ring (bicyclic) bond motifs is 1. The van der Waals surface area contributed by atoms with Crippen molar-refractivity contribution in [1.82, 2.24) is 25.1 Å². The highest BCUT2D eigenvalue weighted by Crippen LogP contribution is 2.23. The van der Waals surface area contributed by atoms with Crippen molar-refractivity contribution in [3.63, 3.8) is 0 Å². The van der Waals surface area contributed by atoms with Crippen LogP contribution in [0.3, 0.4) is 0 Å². The third kappa shape index (κ3) is 4.13. The minimum atomic E-state index is -0.535. The van der Waals surface area contributed by atoms with E-state index in [1.165, 1.54) is 6.07 Å². The maximum atomic E-state index is 14.2. The molecule has 0 unspecified atom stereocenters. The summed E-state index contributed by atoms with van der Waals surface area (Å²) in [6, 6.07) is 10.0. The maximum absolute atomic E-state index is 14.2. The highest BCUT2D eigenvalue weighted by atomic mass is 19.1. The van der Waals surface area contributed by atoms with E-state index in [0.717, 1.165) is 13.0 Å². The number of amides is 1. The molecule has 4 rings (SSSR count). The van der Waals surface area contributed by atoms with Crippen LogP contribution in [0.2, 0.25) is 0 Å². The first-order chi connectivity index (χ1) is 13.8. The van der Waals surface area contributed by atoms with Crippen molar-refractivity contribution in [1.29, 1.82) is 0 Å². The number of alkyl carbamates (subject to hydrolysis) is 1. The fraction of sp³-hybridized carbons (Fsp3) is 0.400. The van der Waals surface area contributed by atoms with Crippen LogP contribution in [0.1, 0.15) is 27.2 Å². The van der Waals surface area contributed by atoms with Crippen LogP contribution in [0.4, 0.5) is 15.0 Å². The lowest BCUT2D eigenvalue weighted by atomic mass is 10.2. The average molecular weight is 398 g/mol. The van der Waals surface area contributed by atoms with Gasteiger partial charge in [-0.15, -0.1) is 15.3 Å². The van der Waals surface area contributed by atoms with E-state index in [4.69, 9.17) is 4.74 Å². The lowest BCUT2D eigenvalue weighted by Crippen LogP contribution is -2.40. The third-order valence-corrected chi connectivity index (χ3v) is 4.60. The summed E-state index contributed by atoms with van der Waals surface area (Å²) in [5, 5.41) is 15.7. The van der Waals surface area contributed by atoms with Gasteiger partial charge in [0.25, 0.3) is 0 Å². The van der Waals surface area contributed by atoms with E-state index < -0.39 is 11.7 Å². The van der Waals surface area contributed by atoms with E-state index in [-0.39, 0.29) is 11.9 Å². The summed E-state index contributed by atoms with van der Waals surface area (Å²) in [4.78, 5) is 14.1. The van der Waals surface area contributed by atoms with Crippen LogP contribution in [0, 0.1) is 5.82 Å². The Kier molecular flexibility index (Phi) is 4.81. The predicted octanol–water partition coefficient (Wildman–Crippen LogP) is 3.03. The highest BCUT2D eigenvalue weighted by molar-refractivity contribution is 5.68. The zero-order valence-corrected chi connectivity index (χ0v) is 16.6. The smallest absolute Gasteiger partial charge is 0.407 e. The van der Waals surface area contributed by atoms with Crippen molar-refractivity contribution in [3.05, 3.63) is 42.2 Å². The van der Waals surface area contributed by atoms with E-state index in [1.807, 2.05) is 26.8 Å². The number of carbonyl (C=O) groups excluding carboxylic acids is 1. The van der Waals surface area contributed by atoms with Crippen molar-refractivity contribution in [2.75, 3.05) is 18.0 Å². The van der Waals surface area contributed by atoms with Crippen LogP contribution in [-0.2, 0) is 4.74 Å². The van der Waals surface area contributed by atoms with Gasteiger partial charge in [0.1, 0.15) is 17.2 Å². The molecule has 0 aliphatic carbocycles. The van der Waals surface area contributed by atoms with E-state index in [2.05, 4.69) is 25.5 Å². The van der Waals surface area contributed by atoms with Gasteiger partial charge in [0.15, 0.2) is 11.5 Å². The maximum Gasteiger partial charge on any atom is 0.407 e. The number of anilines is 1. The number of nitrogens with zero attached hydrogens (tertiary/aromatic N) is 5. The number of aromatic nitrogens is 4. The van der Waals surface area contributed by atoms with Crippen molar-refractivity contribution in [2.45, 2.75) is 38.8 Å². The van der Waals surface area contributed by atoms with Gasteiger partial charge in [-0.3, -0.25) is 0 Å². The molecule has 1 atom stereocenters. The molecule has 0 radical (unpaired) electrons. The van der Waals surface area contributed by atoms with Crippen LogP contribution in [0.25, 0.3) is 17.0 Å². The van der Waals surface area contributed by atoms with Gasteiger partial charge >= 0.3 is 6.09 Å². The van der Waals surface area contributed by atoms with E-state index in [9.17, 15) is 9.18 Å². The molecule has 1 aliphatic rings. The minimum absolute atomic E-state index is 0.0331. The third-order valence-electron chi connectivity index (χ3n) is 4.60. The van der Waals surface area contributed by atoms with E-state index in [1.54, 1.807) is 28.8 Å². The fourth-order valence-electron chi connectivity index (χ4n) is 3.32. The molecule has 152 valence electrons. The summed E-state index contributed by atoms with van der Waals surface area (Å²) in [6.45, 7) is 6.84. The Morgan fingerprint density at radius 3 is 2.76 bits per heavy atom. The number of hydrogen-bond acceptors (Lipinski definition) is 6. The summed E-state index contributed by atoms with van der Waals surface area (Å²) < 4.78 is 21.1. The molecule has 3 aromatic rings. The summed E-state index contributed by atoms with van der Waals surface area (Å²) >= 11 is 0. The molecule has 0 saturated carbocycles. The molecular formula is C20H23FN6O2. The standard InChI is InChI=1S/C20H23FN6O2/c1-20(2,3)29-19(28)22-13-10-11-26(12-13)17-9-8-16-23-24-18(27(16)25-17)14-6-4-5-7-15(14)21/h4-9,13H,10-12H2,1-3H3,(H,22,28)/t13-/m0/s1. The van der Waals surface area contributed by atoms with Crippen molar-refractivity contribution in [3.8, 4) is 11.4 Å². The molecule has 1 N–H and O–H groups in total. The van der Waals surface area contributed by atoms with Gasteiger partial charge in [-0.05, 0) is 51.5 Å². The lowest BCUT2D eigenvalue weighted by molar-refractivity contribution is 0.0509. The number of halogens is 1. The SMILES string of the molecule is CC(C)(C)OC(=O)N[C@H]1CCN(c2ccc3nnc(-c4ccccc4F)n3n2)C1. The van der Waals surface area contributed by atoms with E-state index in [0.29, 0.717) is 29.4 Å². The summed E-state index contributed by atoms with van der Waals surface area (Å²) in [7, 11) is 0. The number of nitrogens with one attached hydrogen (secondary N) is 1. The van der Waals surface area contributed by atoms with Gasteiger partial charge in [0.05, 0.1) is 11.6 Å². The van der Waals surface area contributed by atoms with Crippen LogP contribution in [0.5, 0.6) is 0 Å². The second-order valence-corrected chi connectivity index (χ2v) is 8.04. The molecule has 3 heterocycles. The average Bonchev–Trinajstić information content (AvgIpc) is 3.27. The Labute approximate surface area is 167 Å². The second-order valence-electron chi connectivity index (χ2n) is 8.04. The van der Waals surface area contributed by atoms with Gasteiger partial charge in [0, 0.05) is 13.1 Å². The second kappa shape index (κ2) is 7.31. The Morgan fingerprint density at radius 2 is 2.00 bits per heavy atom. The fourth-order valence-corrected chi connectivity index (χ4v) is 3.32. The number of hydrogen-bond donors (Lipinski definition) is 1. The normalized spacial score (nSPS) is 17.0. The Morgan fingerprint density at radius 1 is 1.21 bits per heavy atom. The minimum Gasteiger partial charge on any atom is -0.444 e. The molecule has 0 spiro atoms. The summed E-state index contributed by atoms with van der Waals surface area (Å²) in [6.07, 6.45) is 0.356. The number of benzene rings is 1. The topological polar surface area (TPSA) is 84.6 Å². The van der Waals surface area contributed by atoms with Crippen molar-refractivity contribution >= 4 is 17.6 Å². The van der Waals surface area contributed by atoms with Gasteiger partial charge in [-0.25, -0.2) is 9.18 Å². The van der Waals surface area contributed by atoms with Gasteiger partial charge in [-0.2, -0.15) is 4.52 Å². The lowest BCUT2D eigenvalue weighted by Gasteiger charge is -2.22. The van der Waals surface area contributed by atoms with Gasteiger partial charge in [0.2, 0.25) is 0 Å². The number of carbonyl (C=O) groups is 1. The summed E-state index contributed by atoms with van der Waals surface area (Å²) in [5.74, 6) is 0.683. The quantitative estimate of drug-likeness (QED) is 0.730. The highest BCUT2D eigenvalue weighted by Gasteiger charge is 2.27. The zero-order chi connectivity index (χ0) is 20.6. The van der Waals surface area contributed by atoms with E-state index >= 15 is 0 Å². The number of ether oxygens (including phenoxy) is 1. The molecule has 1 amide bonds. The number of rotatable bonds is 3. The Hall–Kier alpha value is -3.23. The largest absolute Gasteiger partial charge is 0.444 e. The summed E-state index contributed by atoms with van der Waals surface area (Å²) in [5.41, 5.74) is 0.345. The first kappa shape index (κ1) is 19.1. The zero-order valence-electron chi connectivity index (χ0n) is 16.6. The molecule has 1 saturated heterocycles. The van der Waals surface area contributed by atoms with Crippen LogP contribution < -0.4 is 10.2 Å². The molecule has 0 bridgehead atoms. The van der Waals surface area contributed by atoms with Gasteiger partial charge < -0.3 is 15.0 Å². The molecule has 8 nitrogen and oxygen atoms in total. The van der Waals surface area contributed by atoms with Gasteiger partial charge in [-0.1, -0.05) is 12.1 Å². The Balaban J connectivity index is 1.53. The molecule has 29 heavy (non-hydrogen) atoms. The molecule has 9 heteroatoms. The Bertz CT molecular complexity index is 1040. The monoisotopic (exact) mass is 398 g/mol. The molecule has 2 aromatic heterocycles. The van der Waals surface area contributed by atoms with Crippen LogP contribution >= 0.6 is 0 Å². The van der Waals surface area contributed by atoms with Crippen LogP contribution in [-0.4, -0.2) is 50.6 Å². The predicted molar refractivity (Wildman–Crippen MR) is 106 cm³/mol. The molecule has 1 aromatic carbocycles. The molecule has 1 fully saturated rings. The first-order valence-corrected chi connectivity index (χ1v) is 9.52. The first-order valence-electron chi connectivity index (χ1n) is 9.52. The van der Waals surface area contributed by atoms with Crippen LogP contribution in [0.15, 0.2) is 36.4 Å². The van der Waals surface area contributed by atoms with Crippen molar-refractivity contribution < 1.29 is 13.9 Å². The molecular weight excluding hydrogens is 375 g/mol. The van der Waals surface area contributed by atoms with Crippen molar-refractivity contribution in [2.24, 2.45) is 0 Å².